The number of nitrogens with two attached hydrogens (primary N) is 1. The number of hydrogen-bond donors (Lipinski definition) is 4. The summed E-state index contributed by atoms with van der Waals surface area (Å²) in [5.41, 5.74) is 6.59. The van der Waals surface area contributed by atoms with Crippen LogP contribution >= 0.6 is 23.6 Å². The predicted octanol–water partition coefficient (Wildman–Crippen LogP) is 2.26. The van der Waals surface area contributed by atoms with Gasteiger partial charge in [0.2, 0.25) is 11.0 Å². The van der Waals surface area contributed by atoms with Crippen molar-refractivity contribution in [3.05, 3.63) is 33.8 Å². The van der Waals surface area contributed by atoms with Crippen molar-refractivity contribution in [2.24, 2.45) is 5.73 Å². The lowest BCUT2D eigenvalue weighted by Crippen LogP contribution is -2.20. The summed E-state index contributed by atoms with van der Waals surface area (Å²) in [5, 5.41) is 12.1. The van der Waals surface area contributed by atoms with Gasteiger partial charge in [-0.1, -0.05) is 29.5 Å². The van der Waals surface area contributed by atoms with E-state index in [1.165, 1.54) is 0 Å². The van der Waals surface area contributed by atoms with E-state index in [2.05, 4.69) is 20.8 Å². The highest BCUT2D eigenvalue weighted by molar-refractivity contribution is 7.73. The molecule has 2 aromatic rings. The van der Waals surface area contributed by atoms with Crippen molar-refractivity contribution < 1.29 is 9.59 Å². The summed E-state index contributed by atoms with van der Waals surface area (Å²) in [6.45, 7) is 0. The zero-order chi connectivity index (χ0) is 15.2. The maximum absolute atomic E-state index is 11.9. The van der Waals surface area contributed by atoms with E-state index in [9.17, 15) is 9.59 Å². The summed E-state index contributed by atoms with van der Waals surface area (Å²) < 4.78 is 0.479. The fourth-order valence-corrected chi connectivity index (χ4v) is 2.44. The Morgan fingerprint density at radius 3 is 2.76 bits per heavy atom. The van der Waals surface area contributed by atoms with Gasteiger partial charge in [-0.3, -0.25) is 15.2 Å². The van der Waals surface area contributed by atoms with E-state index in [1.807, 2.05) is 12.1 Å². The minimum absolute atomic E-state index is 0.223. The van der Waals surface area contributed by atoms with Gasteiger partial charge < -0.3 is 11.1 Å². The quantitative estimate of drug-likeness (QED) is 0.632. The number of para-hydroxylation sites is 1. The first kappa shape index (κ1) is 15.1. The molecule has 0 aliphatic heterocycles. The highest BCUT2D eigenvalue weighted by atomic mass is 32.1. The molecular formula is C12H13N5O2S2. The largest absolute Gasteiger partial charge is 0.370 e. The van der Waals surface area contributed by atoms with Crippen molar-refractivity contribution in [2.45, 2.75) is 12.8 Å². The highest BCUT2D eigenvalue weighted by Crippen LogP contribution is 2.18. The smallest absolute Gasteiger partial charge is 0.325 e. The van der Waals surface area contributed by atoms with Crippen LogP contribution in [0.5, 0.6) is 0 Å². The zero-order valence-corrected chi connectivity index (χ0v) is 12.5. The van der Waals surface area contributed by atoms with Gasteiger partial charge in [0.15, 0.2) is 3.95 Å². The first-order valence-electron chi connectivity index (χ1n) is 6.04. The molecule has 0 saturated carbocycles. The average Bonchev–Trinajstić information content (AvgIpc) is 2.83. The number of nitrogens with one attached hydrogen (secondary N) is 3. The van der Waals surface area contributed by atoms with Gasteiger partial charge in [0, 0.05) is 12.1 Å². The third-order valence-corrected chi connectivity index (χ3v) is 3.57. The monoisotopic (exact) mass is 323 g/mol. The molecule has 1 heterocycles. The van der Waals surface area contributed by atoms with Crippen molar-refractivity contribution >= 4 is 46.3 Å². The van der Waals surface area contributed by atoms with E-state index in [1.54, 1.807) is 12.1 Å². The van der Waals surface area contributed by atoms with Crippen LogP contribution in [0.2, 0.25) is 0 Å². The van der Waals surface area contributed by atoms with Crippen LogP contribution in [0.25, 0.3) is 0 Å². The Morgan fingerprint density at radius 1 is 1.33 bits per heavy atom. The van der Waals surface area contributed by atoms with Crippen LogP contribution in [0, 0.1) is 3.95 Å². The summed E-state index contributed by atoms with van der Waals surface area (Å²) in [5.74, 6) is -0.384. The van der Waals surface area contributed by atoms with Crippen LogP contribution in [-0.2, 0) is 11.2 Å². The molecule has 0 fully saturated rings. The normalized spacial score (nSPS) is 10.1. The first-order chi connectivity index (χ1) is 10.0. The molecule has 0 atom stereocenters. The van der Waals surface area contributed by atoms with Crippen LogP contribution < -0.4 is 16.4 Å². The molecule has 0 aliphatic carbocycles. The van der Waals surface area contributed by atoms with Gasteiger partial charge in [0.1, 0.15) is 0 Å². The van der Waals surface area contributed by atoms with Crippen molar-refractivity contribution in [1.29, 1.82) is 0 Å². The number of H-pyrrole nitrogens is 1. The van der Waals surface area contributed by atoms with Gasteiger partial charge in [-0.05, 0) is 30.3 Å². The van der Waals surface area contributed by atoms with Crippen LogP contribution in [0.4, 0.5) is 15.6 Å². The number of anilines is 2. The Kier molecular flexibility index (Phi) is 5.01. The number of carbonyl (C=O) groups is 2. The molecular weight excluding hydrogens is 310 g/mol. The summed E-state index contributed by atoms with van der Waals surface area (Å²) in [6.07, 6.45) is 0.689. The maximum Gasteiger partial charge on any atom is 0.325 e. The third kappa shape index (κ3) is 4.65. The maximum atomic E-state index is 11.9. The number of urea groups is 1. The summed E-state index contributed by atoms with van der Waals surface area (Å²) >= 11 is 6.04. The number of benzene rings is 1. The standard InChI is InChI=1S/C12H13N5O2S2/c13-9(18)6-5-7-3-1-2-4-8(7)14-10(19)15-11-16-17-12(20)21-11/h1-4H,5-6H2,(H2,13,18)(H,17,20)(H2,14,15,16,19). The van der Waals surface area contributed by atoms with Crippen LogP contribution in [0.3, 0.4) is 0 Å². The molecule has 1 aromatic carbocycles. The Morgan fingerprint density at radius 2 is 2.10 bits per heavy atom. The molecule has 9 heteroatoms. The fraction of sp³-hybridized carbons (Fsp3) is 0.167. The molecule has 0 radical (unpaired) electrons. The zero-order valence-electron chi connectivity index (χ0n) is 10.9. The lowest BCUT2D eigenvalue weighted by atomic mass is 10.1. The van der Waals surface area contributed by atoms with Gasteiger partial charge in [-0.15, -0.1) is 5.10 Å². The van der Waals surface area contributed by atoms with Gasteiger partial charge in [0.05, 0.1) is 0 Å². The molecule has 21 heavy (non-hydrogen) atoms. The highest BCUT2D eigenvalue weighted by Gasteiger charge is 2.09. The number of nitrogens with zero attached hydrogens (tertiary/aromatic N) is 1. The second kappa shape index (κ2) is 6.95. The van der Waals surface area contributed by atoms with Crippen LogP contribution in [0.1, 0.15) is 12.0 Å². The molecule has 2 rings (SSSR count). The molecule has 0 aliphatic rings. The number of aromatic amines is 1. The Bertz CT molecular complexity index is 709. The summed E-state index contributed by atoms with van der Waals surface area (Å²) in [4.78, 5) is 22.7. The number of hydrogen-bond acceptors (Lipinski definition) is 5. The number of primary amides is 1. The predicted molar refractivity (Wildman–Crippen MR) is 83.9 cm³/mol. The second-order valence-electron chi connectivity index (χ2n) is 4.12. The van der Waals surface area contributed by atoms with Crippen molar-refractivity contribution in [2.75, 3.05) is 10.6 Å². The third-order valence-electron chi connectivity index (χ3n) is 2.56. The average molecular weight is 323 g/mol. The molecule has 7 nitrogen and oxygen atoms in total. The number of rotatable bonds is 5. The number of carbonyl (C=O) groups excluding carboxylic acids is 2. The lowest BCUT2D eigenvalue weighted by molar-refractivity contribution is -0.117. The van der Waals surface area contributed by atoms with E-state index in [-0.39, 0.29) is 12.3 Å². The summed E-state index contributed by atoms with van der Waals surface area (Å²) in [6, 6.07) is 6.78. The molecule has 0 spiro atoms. The van der Waals surface area contributed by atoms with Gasteiger partial charge in [0.25, 0.3) is 0 Å². The van der Waals surface area contributed by atoms with Crippen molar-refractivity contribution in [3.63, 3.8) is 0 Å². The van der Waals surface area contributed by atoms with Gasteiger partial charge >= 0.3 is 6.03 Å². The van der Waals surface area contributed by atoms with E-state index in [0.717, 1.165) is 16.9 Å². The fourth-order valence-electron chi connectivity index (χ4n) is 1.65. The first-order valence-corrected chi connectivity index (χ1v) is 7.27. The summed E-state index contributed by atoms with van der Waals surface area (Å²) in [7, 11) is 0. The van der Waals surface area contributed by atoms with Crippen molar-refractivity contribution in [1.82, 2.24) is 10.2 Å². The minimum Gasteiger partial charge on any atom is -0.370 e. The van der Waals surface area contributed by atoms with Crippen LogP contribution in [-0.4, -0.2) is 22.1 Å². The van der Waals surface area contributed by atoms with E-state index < -0.39 is 6.03 Å². The van der Waals surface area contributed by atoms with E-state index in [0.29, 0.717) is 21.2 Å². The Balaban J connectivity index is 2.03. The molecule has 1 aromatic heterocycles. The van der Waals surface area contributed by atoms with Gasteiger partial charge in [-0.25, -0.2) is 4.79 Å². The van der Waals surface area contributed by atoms with Crippen LogP contribution in [0.15, 0.2) is 24.3 Å². The molecule has 0 saturated heterocycles. The molecule has 0 unspecified atom stereocenters. The Labute approximate surface area is 129 Å². The number of aryl methyl sites for hydroxylation is 1. The molecule has 110 valence electrons. The van der Waals surface area contributed by atoms with E-state index in [4.69, 9.17) is 18.0 Å². The molecule has 0 bridgehead atoms. The molecule has 5 N–H and O–H groups in total. The number of amides is 3. The van der Waals surface area contributed by atoms with E-state index >= 15 is 0 Å². The SMILES string of the molecule is NC(=O)CCc1ccccc1NC(=O)Nc1n[nH]c(=S)s1. The lowest BCUT2D eigenvalue weighted by Gasteiger charge is -2.10. The minimum atomic E-state index is -0.431. The second-order valence-corrected chi connectivity index (χ2v) is 5.79. The topological polar surface area (TPSA) is 113 Å². The van der Waals surface area contributed by atoms with Crippen molar-refractivity contribution in [3.8, 4) is 0 Å². The number of aromatic nitrogens is 2. The molecule has 3 amide bonds. The van der Waals surface area contributed by atoms with Gasteiger partial charge in [-0.2, -0.15) is 0 Å². The Hall–Kier alpha value is -2.26.